The standard InChI is InChI=1S/C25H22N4O3/c30-24(27-21-8-3-1-4-9-21)19-28(18-23-12-7-15-32-23)25(31)14-13-20-16-26-29(17-20)22-10-5-2-6-11-22/h1-17H,18-19H2,(H,27,30)/b14-13+. The topological polar surface area (TPSA) is 80.4 Å². The van der Waals surface area contributed by atoms with Crippen LogP contribution in [0, 0.1) is 0 Å². The average molecular weight is 426 g/mol. The summed E-state index contributed by atoms with van der Waals surface area (Å²) in [5.74, 6) is -0.00497. The zero-order valence-electron chi connectivity index (χ0n) is 17.3. The van der Waals surface area contributed by atoms with Gasteiger partial charge in [0.25, 0.3) is 0 Å². The molecule has 2 amide bonds. The number of nitrogens with zero attached hydrogens (tertiary/aromatic N) is 3. The maximum Gasteiger partial charge on any atom is 0.247 e. The number of anilines is 1. The highest BCUT2D eigenvalue weighted by molar-refractivity contribution is 5.98. The molecular weight excluding hydrogens is 404 g/mol. The van der Waals surface area contributed by atoms with Gasteiger partial charge in [-0.3, -0.25) is 9.59 Å². The molecule has 2 aromatic heterocycles. The van der Waals surface area contributed by atoms with Gasteiger partial charge in [-0.1, -0.05) is 36.4 Å². The smallest absolute Gasteiger partial charge is 0.247 e. The molecule has 0 unspecified atom stereocenters. The van der Waals surface area contributed by atoms with Crippen molar-refractivity contribution < 1.29 is 14.0 Å². The van der Waals surface area contributed by atoms with Crippen LogP contribution in [0.2, 0.25) is 0 Å². The maximum atomic E-state index is 12.9. The molecule has 2 aromatic carbocycles. The molecule has 0 aliphatic carbocycles. The Morgan fingerprint density at radius 3 is 2.47 bits per heavy atom. The number of nitrogens with one attached hydrogen (secondary N) is 1. The molecule has 7 nitrogen and oxygen atoms in total. The van der Waals surface area contributed by atoms with E-state index in [0.29, 0.717) is 11.4 Å². The molecule has 0 aliphatic rings. The van der Waals surface area contributed by atoms with Gasteiger partial charge in [-0.15, -0.1) is 0 Å². The molecule has 0 saturated carbocycles. The number of hydrogen-bond acceptors (Lipinski definition) is 4. The fourth-order valence-corrected chi connectivity index (χ4v) is 3.12. The minimum absolute atomic E-state index is 0.109. The SMILES string of the molecule is O=C(CN(Cc1ccco1)C(=O)/C=C/c1cnn(-c2ccccc2)c1)Nc1ccccc1. The van der Waals surface area contributed by atoms with Gasteiger partial charge in [-0.25, -0.2) is 4.68 Å². The third-order valence-corrected chi connectivity index (χ3v) is 4.67. The van der Waals surface area contributed by atoms with Crippen LogP contribution in [0.25, 0.3) is 11.8 Å². The van der Waals surface area contributed by atoms with Crippen LogP contribution in [0.4, 0.5) is 5.69 Å². The Morgan fingerprint density at radius 2 is 1.75 bits per heavy atom. The van der Waals surface area contributed by atoms with Crippen molar-refractivity contribution in [1.29, 1.82) is 0 Å². The average Bonchev–Trinajstić information content (AvgIpc) is 3.50. The molecule has 0 fully saturated rings. The summed E-state index contributed by atoms with van der Waals surface area (Å²) >= 11 is 0. The second-order valence-corrected chi connectivity index (χ2v) is 7.07. The lowest BCUT2D eigenvalue weighted by atomic mass is 10.3. The fraction of sp³-hybridized carbons (Fsp3) is 0.0800. The van der Waals surface area contributed by atoms with E-state index in [1.54, 1.807) is 41.2 Å². The Morgan fingerprint density at radius 1 is 1.00 bits per heavy atom. The van der Waals surface area contributed by atoms with E-state index in [9.17, 15) is 9.59 Å². The quantitative estimate of drug-likeness (QED) is 0.429. The molecule has 0 radical (unpaired) electrons. The molecule has 160 valence electrons. The first-order chi connectivity index (χ1) is 15.7. The third kappa shape index (κ3) is 5.60. The summed E-state index contributed by atoms with van der Waals surface area (Å²) in [5.41, 5.74) is 2.37. The van der Waals surface area contributed by atoms with Crippen LogP contribution in [0.5, 0.6) is 0 Å². The second-order valence-electron chi connectivity index (χ2n) is 7.07. The second kappa shape index (κ2) is 10.1. The number of benzene rings is 2. The number of aromatic nitrogens is 2. The monoisotopic (exact) mass is 426 g/mol. The maximum absolute atomic E-state index is 12.9. The molecule has 0 saturated heterocycles. The number of furan rings is 1. The van der Waals surface area contributed by atoms with E-state index in [1.165, 1.54) is 17.2 Å². The van der Waals surface area contributed by atoms with Crippen LogP contribution in [0.1, 0.15) is 11.3 Å². The van der Waals surface area contributed by atoms with E-state index in [-0.39, 0.29) is 24.9 Å². The van der Waals surface area contributed by atoms with Crippen molar-refractivity contribution in [3.8, 4) is 5.69 Å². The molecule has 0 atom stereocenters. The van der Waals surface area contributed by atoms with E-state index in [1.807, 2.05) is 54.7 Å². The van der Waals surface area contributed by atoms with E-state index in [2.05, 4.69) is 10.4 Å². The van der Waals surface area contributed by atoms with Crippen molar-refractivity contribution in [2.24, 2.45) is 0 Å². The van der Waals surface area contributed by atoms with Gasteiger partial charge in [-0.05, 0) is 42.5 Å². The van der Waals surface area contributed by atoms with Crippen molar-refractivity contribution in [2.75, 3.05) is 11.9 Å². The van der Waals surface area contributed by atoms with E-state index in [4.69, 9.17) is 4.42 Å². The summed E-state index contributed by atoms with van der Waals surface area (Å²) in [6.07, 6.45) is 8.16. The van der Waals surface area contributed by atoms with Crippen molar-refractivity contribution in [3.63, 3.8) is 0 Å². The number of carbonyl (C=O) groups excluding carboxylic acids is 2. The number of para-hydroxylation sites is 2. The van der Waals surface area contributed by atoms with Crippen molar-refractivity contribution in [3.05, 3.63) is 109 Å². The van der Waals surface area contributed by atoms with Crippen LogP contribution in [-0.4, -0.2) is 33.0 Å². The van der Waals surface area contributed by atoms with E-state index < -0.39 is 0 Å². The zero-order chi connectivity index (χ0) is 22.2. The Kier molecular flexibility index (Phi) is 6.57. The molecule has 32 heavy (non-hydrogen) atoms. The fourth-order valence-electron chi connectivity index (χ4n) is 3.12. The molecule has 0 aliphatic heterocycles. The van der Waals surface area contributed by atoms with Gasteiger partial charge < -0.3 is 14.6 Å². The predicted molar refractivity (Wildman–Crippen MR) is 122 cm³/mol. The number of rotatable bonds is 8. The predicted octanol–water partition coefficient (Wildman–Crippen LogP) is 4.15. The number of amides is 2. The normalized spacial score (nSPS) is 10.9. The molecule has 0 spiro atoms. The lowest BCUT2D eigenvalue weighted by Gasteiger charge is -2.19. The first-order valence-electron chi connectivity index (χ1n) is 10.1. The molecule has 0 bridgehead atoms. The van der Waals surface area contributed by atoms with Crippen LogP contribution < -0.4 is 5.32 Å². The van der Waals surface area contributed by atoms with Crippen molar-refractivity contribution in [1.82, 2.24) is 14.7 Å². The zero-order valence-corrected chi connectivity index (χ0v) is 17.3. The Hall–Kier alpha value is -4.39. The van der Waals surface area contributed by atoms with Gasteiger partial charge >= 0.3 is 0 Å². The number of carbonyl (C=O) groups is 2. The molecular formula is C25H22N4O3. The summed E-state index contributed by atoms with van der Waals surface area (Å²) in [6, 6.07) is 22.3. The van der Waals surface area contributed by atoms with Gasteiger partial charge in [-0.2, -0.15) is 5.10 Å². The Labute approximate surface area is 185 Å². The lowest BCUT2D eigenvalue weighted by molar-refractivity contribution is -0.131. The highest BCUT2D eigenvalue weighted by atomic mass is 16.3. The van der Waals surface area contributed by atoms with Gasteiger partial charge in [0.2, 0.25) is 11.8 Å². The van der Waals surface area contributed by atoms with Gasteiger partial charge in [0.1, 0.15) is 12.3 Å². The summed E-state index contributed by atoms with van der Waals surface area (Å²) in [5, 5.41) is 7.13. The van der Waals surface area contributed by atoms with Crippen molar-refractivity contribution >= 4 is 23.6 Å². The summed E-state index contributed by atoms with van der Waals surface area (Å²) < 4.78 is 7.10. The highest BCUT2D eigenvalue weighted by Crippen LogP contribution is 2.11. The molecule has 7 heteroatoms. The minimum atomic E-state index is -0.308. The molecule has 1 N–H and O–H groups in total. The minimum Gasteiger partial charge on any atom is -0.467 e. The van der Waals surface area contributed by atoms with Crippen LogP contribution in [0.15, 0.2) is 102 Å². The van der Waals surface area contributed by atoms with Gasteiger partial charge in [0, 0.05) is 23.5 Å². The van der Waals surface area contributed by atoms with E-state index in [0.717, 1.165) is 11.3 Å². The van der Waals surface area contributed by atoms with Crippen molar-refractivity contribution in [2.45, 2.75) is 6.54 Å². The van der Waals surface area contributed by atoms with Crippen LogP contribution in [-0.2, 0) is 16.1 Å². The summed E-state index contributed by atoms with van der Waals surface area (Å²) in [4.78, 5) is 26.8. The van der Waals surface area contributed by atoms with E-state index >= 15 is 0 Å². The Bertz CT molecular complexity index is 1180. The molecule has 2 heterocycles. The van der Waals surface area contributed by atoms with Gasteiger partial charge in [0.05, 0.1) is 24.7 Å². The Balaban J connectivity index is 1.45. The number of hydrogen-bond donors (Lipinski definition) is 1. The van der Waals surface area contributed by atoms with Crippen LogP contribution >= 0.6 is 0 Å². The first-order valence-corrected chi connectivity index (χ1v) is 10.1. The molecule has 4 aromatic rings. The lowest BCUT2D eigenvalue weighted by Crippen LogP contribution is -2.36. The molecule has 4 rings (SSSR count). The highest BCUT2D eigenvalue weighted by Gasteiger charge is 2.17. The summed E-state index contributed by atoms with van der Waals surface area (Å²) in [7, 11) is 0. The van der Waals surface area contributed by atoms with Gasteiger partial charge in [0.15, 0.2) is 0 Å². The van der Waals surface area contributed by atoms with Crippen LogP contribution in [0.3, 0.4) is 0 Å². The third-order valence-electron chi connectivity index (χ3n) is 4.67. The largest absolute Gasteiger partial charge is 0.467 e. The summed E-state index contributed by atoms with van der Waals surface area (Å²) in [6.45, 7) is 0.0731. The first kappa shape index (κ1) is 20.9.